The first-order chi connectivity index (χ1) is 6.85. The number of hydrogen-bond donors (Lipinski definition) is 4. The maximum absolute atomic E-state index is 5.56. The minimum absolute atomic E-state index is 0.156. The van der Waals surface area contributed by atoms with Crippen molar-refractivity contribution in [2.75, 3.05) is 0 Å². The van der Waals surface area contributed by atoms with Crippen LogP contribution in [0.15, 0.2) is 5.10 Å². The normalized spacial score (nSPS) is 24.9. The molecule has 0 aromatic carbocycles. The SMILES string of the molecule is CC1=NN(C(N)=S)[C@](C)(NNC(N)=S)C1. The van der Waals surface area contributed by atoms with Gasteiger partial charge in [-0.3, -0.25) is 5.43 Å². The molecule has 0 saturated carbocycles. The number of rotatable bonds is 2. The van der Waals surface area contributed by atoms with Gasteiger partial charge < -0.3 is 11.5 Å². The number of hydrazone groups is 1. The third-order valence-corrected chi connectivity index (χ3v) is 2.28. The van der Waals surface area contributed by atoms with Gasteiger partial charge in [0.25, 0.3) is 0 Å². The smallest absolute Gasteiger partial charge is 0.188 e. The van der Waals surface area contributed by atoms with E-state index in [4.69, 9.17) is 35.9 Å². The molecule has 0 saturated heterocycles. The van der Waals surface area contributed by atoms with Crippen LogP contribution in [0, 0.1) is 0 Å². The van der Waals surface area contributed by atoms with E-state index in [1.165, 1.54) is 5.01 Å². The highest BCUT2D eigenvalue weighted by atomic mass is 32.1. The number of hydrogen-bond acceptors (Lipinski definition) is 4. The Bertz CT molecular complexity index is 327. The van der Waals surface area contributed by atoms with Gasteiger partial charge in [-0.15, -0.1) is 0 Å². The molecule has 84 valence electrons. The number of nitrogens with two attached hydrogens (primary N) is 2. The van der Waals surface area contributed by atoms with Crippen molar-refractivity contribution in [2.45, 2.75) is 25.9 Å². The summed E-state index contributed by atoms with van der Waals surface area (Å²) >= 11 is 9.60. The van der Waals surface area contributed by atoms with Gasteiger partial charge >= 0.3 is 0 Å². The van der Waals surface area contributed by atoms with Gasteiger partial charge in [0.15, 0.2) is 10.2 Å². The summed E-state index contributed by atoms with van der Waals surface area (Å²) in [4.78, 5) is 0. The lowest BCUT2D eigenvalue weighted by molar-refractivity contribution is 0.171. The average Bonchev–Trinajstić information content (AvgIpc) is 2.39. The molecule has 0 bridgehead atoms. The van der Waals surface area contributed by atoms with Crippen LogP contribution in [0.1, 0.15) is 20.3 Å². The number of hydrazine groups is 1. The van der Waals surface area contributed by atoms with Crippen molar-refractivity contribution in [1.29, 1.82) is 0 Å². The van der Waals surface area contributed by atoms with Gasteiger partial charge in [0.2, 0.25) is 0 Å². The molecule has 1 rings (SSSR count). The number of thiocarbonyl (C=S) groups is 2. The third kappa shape index (κ3) is 2.74. The summed E-state index contributed by atoms with van der Waals surface area (Å²) in [7, 11) is 0. The lowest BCUT2D eigenvalue weighted by Gasteiger charge is -2.33. The summed E-state index contributed by atoms with van der Waals surface area (Å²) in [5.74, 6) is 0. The average molecular weight is 246 g/mol. The molecule has 0 amide bonds. The van der Waals surface area contributed by atoms with Crippen LogP contribution in [-0.4, -0.2) is 26.6 Å². The molecule has 1 aliphatic rings. The van der Waals surface area contributed by atoms with E-state index in [9.17, 15) is 0 Å². The monoisotopic (exact) mass is 246 g/mol. The largest absolute Gasteiger partial charge is 0.375 e. The molecule has 0 fully saturated rings. The Morgan fingerprint density at radius 2 is 2.13 bits per heavy atom. The first-order valence-corrected chi connectivity index (χ1v) is 5.13. The highest BCUT2D eigenvalue weighted by Crippen LogP contribution is 2.23. The summed E-state index contributed by atoms with van der Waals surface area (Å²) in [6, 6.07) is 0. The van der Waals surface area contributed by atoms with Crippen LogP contribution in [0.25, 0.3) is 0 Å². The molecule has 6 N–H and O–H groups in total. The number of nitrogens with zero attached hydrogens (tertiary/aromatic N) is 2. The molecule has 0 radical (unpaired) electrons. The van der Waals surface area contributed by atoms with E-state index in [1.54, 1.807) is 0 Å². The fraction of sp³-hybridized carbons (Fsp3) is 0.571. The van der Waals surface area contributed by atoms with E-state index in [2.05, 4.69) is 16.0 Å². The van der Waals surface area contributed by atoms with Gasteiger partial charge in [0.1, 0.15) is 5.66 Å². The van der Waals surface area contributed by atoms with Crippen LogP contribution < -0.4 is 22.3 Å². The zero-order valence-electron chi connectivity index (χ0n) is 8.57. The fourth-order valence-corrected chi connectivity index (χ4v) is 1.77. The van der Waals surface area contributed by atoms with Crippen LogP contribution >= 0.6 is 24.4 Å². The van der Waals surface area contributed by atoms with E-state index in [0.29, 0.717) is 6.42 Å². The molecule has 0 unspecified atom stereocenters. The Labute approximate surface area is 99.0 Å². The lowest BCUT2D eigenvalue weighted by Crippen LogP contribution is -2.61. The summed E-state index contributed by atoms with van der Waals surface area (Å²) < 4.78 is 0. The Morgan fingerprint density at radius 1 is 1.53 bits per heavy atom. The Hall–Kier alpha value is -0.990. The standard InChI is InChI=1S/C7H14N6S2/c1-4-3-7(2,12-10-5(8)14)13(11-4)6(9)15/h12H,3H2,1-2H3,(H2,9,15)(H3,8,10,14)/t7-/m0/s1. The molecule has 15 heavy (non-hydrogen) atoms. The second-order valence-electron chi connectivity index (χ2n) is 3.55. The van der Waals surface area contributed by atoms with Gasteiger partial charge in [0, 0.05) is 12.1 Å². The highest BCUT2D eigenvalue weighted by Gasteiger charge is 2.38. The van der Waals surface area contributed by atoms with Gasteiger partial charge in [-0.2, -0.15) is 5.10 Å². The molecular weight excluding hydrogens is 232 g/mol. The van der Waals surface area contributed by atoms with Crippen LogP contribution in [0.5, 0.6) is 0 Å². The molecule has 0 aromatic heterocycles. The van der Waals surface area contributed by atoms with Gasteiger partial charge in [-0.05, 0) is 38.3 Å². The molecule has 1 atom stereocenters. The van der Waals surface area contributed by atoms with E-state index in [1.807, 2.05) is 13.8 Å². The van der Waals surface area contributed by atoms with Crippen LogP contribution in [-0.2, 0) is 0 Å². The minimum Gasteiger partial charge on any atom is -0.375 e. The van der Waals surface area contributed by atoms with Crippen molar-refractivity contribution >= 4 is 40.4 Å². The van der Waals surface area contributed by atoms with Crippen molar-refractivity contribution in [3.63, 3.8) is 0 Å². The number of nitrogens with one attached hydrogen (secondary N) is 2. The van der Waals surface area contributed by atoms with Crippen molar-refractivity contribution in [1.82, 2.24) is 15.9 Å². The van der Waals surface area contributed by atoms with E-state index >= 15 is 0 Å². The zero-order valence-corrected chi connectivity index (χ0v) is 10.2. The summed E-state index contributed by atoms with van der Waals surface area (Å²) in [6.07, 6.45) is 0.681. The lowest BCUT2D eigenvalue weighted by atomic mass is 10.1. The van der Waals surface area contributed by atoms with Crippen LogP contribution in [0.3, 0.4) is 0 Å². The second-order valence-corrected chi connectivity index (χ2v) is 4.41. The summed E-state index contributed by atoms with van der Waals surface area (Å²) in [6.45, 7) is 3.80. The summed E-state index contributed by atoms with van der Waals surface area (Å²) in [5.41, 5.74) is 16.9. The minimum atomic E-state index is -0.528. The Balaban J connectivity index is 2.75. The molecule has 1 aliphatic heterocycles. The van der Waals surface area contributed by atoms with Crippen molar-refractivity contribution < 1.29 is 0 Å². The van der Waals surface area contributed by atoms with Gasteiger partial charge in [-0.25, -0.2) is 10.4 Å². The predicted molar refractivity (Wildman–Crippen MR) is 67.8 cm³/mol. The molecule has 0 spiro atoms. The molecule has 1 heterocycles. The van der Waals surface area contributed by atoms with Crippen molar-refractivity contribution in [2.24, 2.45) is 16.6 Å². The first kappa shape index (κ1) is 12.1. The second kappa shape index (κ2) is 4.25. The van der Waals surface area contributed by atoms with Gasteiger partial charge in [-0.1, -0.05) is 0 Å². The first-order valence-electron chi connectivity index (χ1n) is 4.31. The van der Waals surface area contributed by atoms with E-state index < -0.39 is 5.66 Å². The quantitative estimate of drug-likeness (QED) is 0.381. The molecule has 8 heteroatoms. The summed E-state index contributed by atoms with van der Waals surface area (Å²) in [5, 5.41) is 6.10. The van der Waals surface area contributed by atoms with E-state index in [0.717, 1.165) is 5.71 Å². The Morgan fingerprint density at radius 3 is 2.60 bits per heavy atom. The maximum Gasteiger partial charge on any atom is 0.188 e. The van der Waals surface area contributed by atoms with Crippen molar-refractivity contribution in [3.05, 3.63) is 0 Å². The maximum atomic E-state index is 5.56. The predicted octanol–water partition coefficient (Wildman–Crippen LogP) is -0.634. The van der Waals surface area contributed by atoms with E-state index in [-0.39, 0.29) is 10.2 Å². The fourth-order valence-electron chi connectivity index (χ4n) is 1.48. The Kier molecular flexibility index (Phi) is 3.42. The zero-order chi connectivity index (χ0) is 11.6. The van der Waals surface area contributed by atoms with Crippen molar-refractivity contribution in [3.8, 4) is 0 Å². The third-order valence-electron chi connectivity index (χ3n) is 2.00. The molecule has 0 aliphatic carbocycles. The molecular formula is C7H14N6S2. The molecule has 0 aromatic rings. The molecule has 6 nitrogen and oxygen atoms in total. The topological polar surface area (TPSA) is 91.7 Å². The van der Waals surface area contributed by atoms with Crippen LogP contribution in [0.4, 0.5) is 0 Å². The van der Waals surface area contributed by atoms with Gasteiger partial charge in [0.05, 0.1) is 0 Å². The highest BCUT2D eigenvalue weighted by molar-refractivity contribution is 7.80. The van der Waals surface area contributed by atoms with Crippen LogP contribution in [0.2, 0.25) is 0 Å².